The van der Waals surface area contributed by atoms with Crippen molar-refractivity contribution in [2.24, 2.45) is 0 Å². The van der Waals surface area contributed by atoms with Crippen LogP contribution in [0.15, 0.2) is 48.5 Å². The molecule has 0 spiro atoms. The Morgan fingerprint density at radius 3 is 2.29 bits per heavy atom. The van der Waals surface area contributed by atoms with E-state index >= 15 is 0 Å². The molecule has 0 aromatic heterocycles. The minimum atomic E-state index is -0.288. The summed E-state index contributed by atoms with van der Waals surface area (Å²) in [5, 5.41) is 2.87. The van der Waals surface area contributed by atoms with Gasteiger partial charge in [0.1, 0.15) is 11.9 Å². The highest BCUT2D eigenvalue weighted by atomic mass is 16.5. The molecule has 3 rings (SSSR count). The van der Waals surface area contributed by atoms with Crippen molar-refractivity contribution in [3.05, 3.63) is 59.7 Å². The number of esters is 1. The summed E-state index contributed by atoms with van der Waals surface area (Å²) < 4.78 is 10.7. The van der Waals surface area contributed by atoms with Gasteiger partial charge in [0.15, 0.2) is 0 Å². The molecule has 1 fully saturated rings. The number of amides is 1. The number of carbonyl (C=O) groups excluding carboxylic acids is 2. The third-order valence-corrected chi connectivity index (χ3v) is 5.03. The summed E-state index contributed by atoms with van der Waals surface area (Å²) in [6.07, 6.45) is 6.46. The Hall–Kier alpha value is -2.82. The summed E-state index contributed by atoms with van der Waals surface area (Å²) in [5.74, 6) is 0.452. The van der Waals surface area contributed by atoms with Crippen LogP contribution in [-0.2, 0) is 16.0 Å². The van der Waals surface area contributed by atoms with E-state index in [4.69, 9.17) is 9.47 Å². The fourth-order valence-electron chi connectivity index (χ4n) is 3.37. The monoisotopic (exact) mass is 381 g/mol. The Kier molecular flexibility index (Phi) is 7.06. The van der Waals surface area contributed by atoms with E-state index in [-0.39, 0.29) is 18.0 Å². The van der Waals surface area contributed by atoms with Gasteiger partial charge >= 0.3 is 5.97 Å². The zero-order valence-electron chi connectivity index (χ0n) is 16.3. The predicted octanol–water partition coefficient (Wildman–Crippen LogP) is 4.76. The lowest BCUT2D eigenvalue weighted by Gasteiger charge is -2.21. The first-order valence-corrected chi connectivity index (χ1v) is 9.88. The van der Waals surface area contributed by atoms with Crippen LogP contribution in [0.1, 0.15) is 54.4 Å². The van der Waals surface area contributed by atoms with Crippen molar-refractivity contribution in [2.75, 3.05) is 12.4 Å². The van der Waals surface area contributed by atoms with Crippen molar-refractivity contribution in [3.63, 3.8) is 0 Å². The third kappa shape index (κ3) is 5.84. The van der Waals surface area contributed by atoms with Gasteiger partial charge in [0.05, 0.1) is 12.7 Å². The Labute approximate surface area is 166 Å². The fraction of sp³-hybridized carbons (Fsp3) is 0.391. The molecule has 0 atom stereocenters. The normalized spacial score (nSPS) is 14.3. The number of hydrogen-bond acceptors (Lipinski definition) is 4. The van der Waals surface area contributed by atoms with Gasteiger partial charge in [0.2, 0.25) is 5.91 Å². The number of hydrogen-bond donors (Lipinski definition) is 1. The lowest BCUT2D eigenvalue weighted by Crippen LogP contribution is -2.21. The quantitative estimate of drug-likeness (QED) is 0.703. The highest BCUT2D eigenvalue weighted by Gasteiger charge is 2.18. The van der Waals surface area contributed by atoms with E-state index in [0.29, 0.717) is 24.1 Å². The first kappa shape index (κ1) is 19.9. The molecule has 0 aliphatic heterocycles. The number of rotatable bonds is 7. The number of anilines is 1. The van der Waals surface area contributed by atoms with Crippen molar-refractivity contribution in [1.82, 2.24) is 0 Å². The van der Waals surface area contributed by atoms with Gasteiger partial charge in [0.25, 0.3) is 0 Å². The van der Waals surface area contributed by atoms with E-state index < -0.39 is 0 Å². The standard InChI is InChI=1S/C23H27NO4/c1-27-20-14-7-17(8-15-20)9-16-22(25)24-19-12-10-18(11-13-19)23(26)28-21-5-3-2-4-6-21/h7-8,10-15,21H,2-6,9,16H2,1H3,(H,24,25). The summed E-state index contributed by atoms with van der Waals surface area (Å²) in [6.45, 7) is 0. The number of nitrogens with one attached hydrogen (secondary N) is 1. The molecule has 1 amide bonds. The van der Waals surface area contributed by atoms with Crippen LogP contribution in [0.5, 0.6) is 5.75 Å². The lowest BCUT2D eigenvalue weighted by molar-refractivity contribution is -0.116. The van der Waals surface area contributed by atoms with Crippen molar-refractivity contribution in [3.8, 4) is 5.75 Å². The highest BCUT2D eigenvalue weighted by Crippen LogP contribution is 2.22. The van der Waals surface area contributed by atoms with Gasteiger partial charge < -0.3 is 14.8 Å². The molecule has 1 aliphatic carbocycles. The molecule has 0 heterocycles. The van der Waals surface area contributed by atoms with Crippen LogP contribution in [0, 0.1) is 0 Å². The molecule has 5 heteroatoms. The van der Waals surface area contributed by atoms with E-state index in [9.17, 15) is 9.59 Å². The van der Waals surface area contributed by atoms with E-state index in [2.05, 4.69) is 5.32 Å². The molecular formula is C23H27NO4. The molecule has 0 radical (unpaired) electrons. The summed E-state index contributed by atoms with van der Waals surface area (Å²) in [7, 11) is 1.63. The number of benzene rings is 2. The Balaban J connectivity index is 1.46. The van der Waals surface area contributed by atoms with Crippen molar-refractivity contribution >= 4 is 17.6 Å². The van der Waals surface area contributed by atoms with Crippen molar-refractivity contribution < 1.29 is 19.1 Å². The van der Waals surface area contributed by atoms with Crippen molar-refractivity contribution in [1.29, 1.82) is 0 Å². The van der Waals surface area contributed by atoms with Gasteiger partial charge in [-0.25, -0.2) is 4.79 Å². The van der Waals surface area contributed by atoms with E-state index in [1.54, 1.807) is 31.4 Å². The second-order valence-corrected chi connectivity index (χ2v) is 7.14. The predicted molar refractivity (Wildman–Crippen MR) is 109 cm³/mol. The van der Waals surface area contributed by atoms with Gasteiger partial charge in [-0.2, -0.15) is 0 Å². The topological polar surface area (TPSA) is 64.6 Å². The first-order chi connectivity index (χ1) is 13.6. The van der Waals surface area contributed by atoms with Gasteiger partial charge in [-0.15, -0.1) is 0 Å². The molecule has 1 N–H and O–H groups in total. The summed E-state index contributed by atoms with van der Waals surface area (Å²) in [6, 6.07) is 14.6. The van der Waals surface area contributed by atoms with Crippen molar-refractivity contribution in [2.45, 2.75) is 51.0 Å². The molecule has 1 aliphatic rings. The molecule has 5 nitrogen and oxygen atoms in total. The SMILES string of the molecule is COc1ccc(CCC(=O)Nc2ccc(C(=O)OC3CCCCC3)cc2)cc1. The Morgan fingerprint density at radius 1 is 0.964 bits per heavy atom. The smallest absolute Gasteiger partial charge is 0.338 e. The maximum atomic E-state index is 12.2. The van der Waals surface area contributed by atoms with Crippen LogP contribution < -0.4 is 10.1 Å². The fourth-order valence-corrected chi connectivity index (χ4v) is 3.37. The highest BCUT2D eigenvalue weighted by molar-refractivity contribution is 5.93. The molecule has 0 unspecified atom stereocenters. The summed E-state index contributed by atoms with van der Waals surface area (Å²) in [4.78, 5) is 24.4. The van der Waals surface area contributed by atoms with E-state index in [1.807, 2.05) is 24.3 Å². The molecule has 0 bridgehead atoms. The minimum absolute atomic E-state index is 0.0404. The number of ether oxygens (including phenoxy) is 2. The molecule has 0 saturated heterocycles. The second kappa shape index (κ2) is 9.93. The molecule has 2 aromatic carbocycles. The van der Waals surface area contributed by atoms with Gasteiger partial charge in [-0.3, -0.25) is 4.79 Å². The number of aryl methyl sites for hydroxylation is 1. The number of methoxy groups -OCH3 is 1. The third-order valence-electron chi connectivity index (χ3n) is 5.03. The van der Waals surface area contributed by atoms with Gasteiger partial charge in [-0.05, 0) is 74.1 Å². The van der Waals surface area contributed by atoms with Crippen LogP contribution in [0.4, 0.5) is 5.69 Å². The summed E-state index contributed by atoms with van der Waals surface area (Å²) in [5.41, 5.74) is 2.27. The van der Waals surface area contributed by atoms with Crippen LogP contribution in [-0.4, -0.2) is 25.1 Å². The Bertz CT molecular complexity index is 777. The van der Waals surface area contributed by atoms with Gasteiger partial charge in [-0.1, -0.05) is 18.6 Å². The summed E-state index contributed by atoms with van der Waals surface area (Å²) >= 11 is 0. The molecule has 148 valence electrons. The van der Waals surface area contributed by atoms with Crippen LogP contribution in [0.3, 0.4) is 0 Å². The average molecular weight is 381 g/mol. The van der Waals surface area contributed by atoms with E-state index in [0.717, 1.165) is 37.0 Å². The van der Waals surface area contributed by atoms with Crippen LogP contribution in [0.2, 0.25) is 0 Å². The van der Waals surface area contributed by atoms with Gasteiger partial charge in [0, 0.05) is 12.1 Å². The average Bonchev–Trinajstić information content (AvgIpc) is 2.74. The lowest BCUT2D eigenvalue weighted by atomic mass is 9.98. The second-order valence-electron chi connectivity index (χ2n) is 7.14. The Morgan fingerprint density at radius 2 is 1.64 bits per heavy atom. The zero-order chi connectivity index (χ0) is 19.8. The zero-order valence-corrected chi connectivity index (χ0v) is 16.3. The first-order valence-electron chi connectivity index (χ1n) is 9.88. The molecule has 2 aromatic rings. The van der Waals surface area contributed by atoms with E-state index in [1.165, 1.54) is 6.42 Å². The largest absolute Gasteiger partial charge is 0.497 e. The molecule has 28 heavy (non-hydrogen) atoms. The molecular weight excluding hydrogens is 354 g/mol. The number of carbonyl (C=O) groups is 2. The maximum Gasteiger partial charge on any atom is 0.338 e. The van der Waals surface area contributed by atoms with Crippen LogP contribution >= 0.6 is 0 Å². The van der Waals surface area contributed by atoms with Crippen LogP contribution in [0.25, 0.3) is 0 Å². The minimum Gasteiger partial charge on any atom is -0.497 e. The molecule has 1 saturated carbocycles. The maximum absolute atomic E-state index is 12.2.